The van der Waals surface area contributed by atoms with Crippen LogP contribution < -0.4 is 9.80 Å². The Labute approximate surface area is 507 Å². The van der Waals surface area contributed by atoms with Gasteiger partial charge in [0.25, 0.3) is 0 Å². The molecule has 16 aromatic carbocycles. The van der Waals surface area contributed by atoms with Crippen molar-refractivity contribution in [3.63, 3.8) is 0 Å². The molecule has 18 aromatic rings. The van der Waals surface area contributed by atoms with E-state index in [1.807, 2.05) is 0 Å². The van der Waals surface area contributed by atoms with Gasteiger partial charge in [-0.3, -0.25) is 0 Å². The highest BCUT2D eigenvalue weighted by molar-refractivity contribution is 6.31. The lowest BCUT2D eigenvalue weighted by molar-refractivity contribution is 0.669. The van der Waals surface area contributed by atoms with Crippen molar-refractivity contribution < 1.29 is 8.83 Å². The molecule has 0 saturated heterocycles. The molecule has 0 aliphatic rings. The first-order valence-electron chi connectivity index (χ1n) is 30.1. The van der Waals surface area contributed by atoms with Crippen molar-refractivity contribution in [1.82, 2.24) is 0 Å². The topological polar surface area (TPSA) is 32.8 Å². The first kappa shape index (κ1) is 49.7. The molecule has 2 heterocycles. The second-order valence-electron chi connectivity index (χ2n) is 23.1. The highest BCUT2D eigenvalue weighted by atomic mass is 16.3. The Hall–Kier alpha value is -11.7. The van der Waals surface area contributed by atoms with Crippen LogP contribution >= 0.6 is 0 Å². The molecule has 0 N–H and O–H groups in total. The minimum absolute atomic E-state index is 0.838. The normalized spacial score (nSPS) is 11.9. The molecule has 0 aliphatic carbocycles. The molecule has 88 heavy (non-hydrogen) atoms. The van der Waals surface area contributed by atoms with Crippen LogP contribution in [0.3, 0.4) is 0 Å². The van der Waals surface area contributed by atoms with Crippen molar-refractivity contribution >= 4 is 143 Å². The molecular weight excluding hydrogens is 1070 g/mol. The van der Waals surface area contributed by atoms with E-state index in [9.17, 15) is 0 Å². The Bertz CT molecular complexity index is 5790. The third-order valence-electron chi connectivity index (χ3n) is 18.2. The monoisotopic (exact) mass is 1120 g/mol. The van der Waals surface area contributed by atoms with Crippen LogP contribution in [0.2, 0.25) is 0 Å². The minimum Gasteiger partial charge on any atom is -0.454 e. The summed E-state index contributed by atoms with van der Waals surface area (Å²) in [5.41, 5.74) is 16.3. The van der Waals surface area contributed by atoms with Crippen LogP contribution in [0.5, 0.6) is 0 Å². The fourth-order valence-electron chi connectivity index (χ4n) is 14.0. The number of benzene rings is 16. The van der Waals surface area contributed by atoms with Gasteiger partial charge in [-0.15, -0.1) is 0 Å². The van der Waals surface area contributed by atoms with Crippen molar-refractivity contribution in [1.29, 1.82) is 0 Å². The third kappa shape index (κ3) is 7.93. The molecule has 0 aliphatic heterocycles. The van der Waals surface area contributed by atoms with Gasteiger partial charge in [-0.05, 0) is 171 Å². The zero-order valence-electron chi connectivity index (χ0n) is 47.7. The Balaban J connectivity index is 0.848. The minimum atomic E-state index is 0.838. The third-order valence-corrected chi connectivity index (χ3v) is 18.2. The van der Waals surface area contributed by atoms with Gasteiger partial charge in [0, 0.05) is 44.0 Å². The van der Waals surface area contributed by atoms with Gasteiger partial charge in [0.05, 0.1) is 17.1 Å². The van der Waals surface area contributed by atoms with Gasteiger partial charge in [0.15, 0.2) is 11.2 Å². The highest BCUT2D eigenvalue weighted by Gasteiger charge is 2.27. The highest BCUT2D eigenvalue weighted by Crippen LogP contribution is 2.52. The lowest BCUT2D eigenvalue weighted by Crippen LogP contribution is -2.11. The molecule has 0 unspecified atom stereocenters. The van der Waals surface area contributed by atoms with E-state index in [-0.39, 0.29) is 0 Å². The first-order valence-corrected chi connectivity index (χ1v) is 30.1. The number of nitrogens with zero attached hydrogens (tertiary/aromatic N) is 2. The van der Waals surface area contributed by atoms with E-state index in [1.54, 1.807) is 0 Å². The molecular formula is C84H52N2O2. The molecule has 0 amide bonds. The Morgan fingerprint density at radius 1 is 0.205 bits per heavy atom. The predicted octanol–water partition coefficient (Wildman–Crippen LogP) is 24.3. The van der Waals surface area contributed by atoms with E-state index >= 15 is 0 Å². The van der Waals surface area contributed by atoms with Crippen molar-refractivity contribution in [3.8, 4) is 33.4 Å². The van der Waals surface area contributed by atoms with E-state index in [1.165, 1.54) is 38.1 Å². The average Bonchev–Trinajstić information content (AvgIpc) is 1.58. The van der Waals surface area contributed by atoms with E-state index in [4.69, 9.17) is 8.83 Å². The van der Waals surface area contributed by atoms with Gasteiger partial charge >= 0.3 is 0 Å². The summed E-state index contributed by atoms with van der Waals surface area (Å²) in [6.45, 7) is 0. The van der Waals surface area contributed by atoms with Crippen LogP contribution in [0.25, 0.3) is 142 Å². The molecule has 0 fully saturated rings. The zero-order valence-corrected chi connectivity index (χ0v) is 47.7. The molecule has 0 saturated carbocycles. The Morgan fingerprint density at radius 2 is 0.568 bits per heavy atom. The molecule has 0 bridgehead atoms. The number of furan rings is 2. The number of hydrogen-bond acceptors (Lipinski definition) is 4. The summed E-state index contributed by atoms with van der Waals surface area (Å²) in [6.07, 6.45) is 0. The van der Waals surface area contributed by atoms with Crippen LogP contribution in [0.1, 0.15) is 0 Å². The molecule has 4 heteroatoms. The Kier molecular flexibility index (Phi) is 11.3. The fraction of sp³-hybridized carbons (Fsp3) is 0. The van der Waals surface area contributed by atoms with E-state index in [0.717, 1.165) is 138 Å². The van der Waals surface area contributed by atoms with E-state index in [0.29, 0.717) is 0 Å². The summed E-state index contributed by atoms with van der Waals surface area (Å²) < 4.78 is 14.4. The number of hydrogen-bond donors (Lipinski definition) is 0. The maximum absolute atomic E-state index is 7.24. The number of fused-ring (bicyclic) bond motifs is 16. The van der Waals surface area contributed by atoms with Crippen molar-refractivity contribution in [2.75, 3.05) is 9.80 Å². The van der Waals surface area contributed by atoms with Crippen LogP contribution in [0.15, 0.2) is 324 Å². The standard InChI is InChI=1S/C84H52N2O2/c1-3-17-53(18-4-1)55-31-39-64(40-32-55)85(75-51-62-25-11-15-29-70(62)81-79-68-27-13-9-21-57(68)37-47-77(79)87-83(75)81)65-43-35-59(36-44-65)67-45-46-74(73-50-61-24-8-7-23-60(61)49-72(67)73)86(66-41-33-56(34-42-66)54-19-5-2-6-20-54)76-52-63-26-12-16-30-71(63)82-80-69-28-14-10-22-58(69)38-48-78(80)88-84(76)82/h1-52H. The van der Waals surface area contributed by atoms with Crippen molar-refractivity contribution in [3.05, 3.63) is 315 Å². The van der Waals surface area contributed by atoms with Crippen molar-refractivity contribution in [2.45, 2.75) is 0 Å². The second kappa shape index (κ2) is 20.0. The maximum Gasteiger partial charge on any atom is 0.160 e. The second-order valence-corrected chi connectivity index (χ2v) is 23.1. The lowest BCUT2D eigenvalue weighted by atomic mass is 9.93. The summed E-state index contributed by atoms with van der Waals surface area (Å²) in [6, 6.07) is 114. The summed E-state index contributed by atoms with van der Waals surface area (Å²) >= 11 is 0. The van der Waals surface area contributed by atoms with Gasteiger partial charge in [-0.1, -0.05) is 237 Å². The first-order chi connectivity index (χ1) is 43.6. The van der Waals surface area contributed by atoms with Gasteiger partial charge in [-0.2, -0.15) is 0 Å². The van der Waals surface area contributed by atoms with E-state index in [2.05, 4.69) is 325 Å². The molecule has 2 aromatic heterocycles. The van der Waals surface area contributed by atoms with Crippen LogP contribution in [-0.2, 0) is 0 Å². The maximum atomic E-state index is 7.24. The van der Waals surface area contributed by atoms with Gasteiger partial charge in [0.1, 0.15) is 11.2 Å². The summed E-state index contributed by atoms with van der Waals surface area (Å²) in [4.78, 5) is 4.81. The lowest BCUT2D eigenvalue weighted by Gasteiger charge is -2.28. The SMILES string of the molecule is c1ccc(-c2ccc(N(c3ccc(-c4ccc(N(c5ccc(-c6ccccc6)cc5)c5cc6ccccc6c6c5oc5ccc7ccccc7c56)c5cc6ccccc6cc45)cc3)c3cc4ccccc4c4c3oc3ccc5ccccc5c34)cc2)cc1. The van der Waals surface area contributed by atoms with Gasteiger partial charge in [0.2, 0.25) is 0 Å². The number of rotatable bonds is 9. The largest absolute Gasteiger partial charge is 0.454 e. The molecule has 410 valence electrons. The average molecular weight is 1120 g/mol. The summed E-state index contributed by atoms with van der Waals surface area (Å²) in [5.74, 6) is 0. The van der Waals surface area contributed by atoms with E-state index < -0.39 is 0 Å². The quantitative estimate of drug-likeness (QED) is 0.135. The van der Waals surface area contributed by atoms with Crippen LogP contribution in [0, 0.1) is 0 Å². The van der Waals surface area contributed by atoms with Crippen molar-refractivity contribution in [2.24, 2.45) is 0 Å². The van der Waals surface area contributed by atoms with Crippen LogP contribution in [0.4, 0.5) is 34.1 Å². The summed E-state index contributed by atoms with van der Waals surface area (Å²) in [5, 5.41) is 18.4. The predicted molar refractivity (Wildman–Crippen MR) is 372 cm³/mol. The smallest absolute Gasteiger partial charge is 0.160 e. The fourth-order valence-corrected chi connectivity index (χ4v) is 14.0. The summed E-state index contributed by atoms with van der Waals surface area (Å²) in [7, 11) is 0. The molecule has 18 rings (SSSR count). The molecule has 4 nitrogen and oxygen atoms in total. The van der Waals surface area contributed by atoms with Gasteiger partial charge in [-0.25, -0.2) is 0 Å². The molecule has 0 atom stereocenters. The molecule has 0 radical (unpaired) electrons. The number of anilines is 6. The zero-order chi connectivity index (χ0) is 57.8. The van der Waals surface area contributed by atoms with Crippen LogP contribution in [-0.4, -0.2) is 0 Å². The van der Waals surface area contributed by atoms with Gasteiger partial charge < -0.3 is 18.6 Å². The molecule has 0 spiro atoms. The Morgan fingerprint density at radius 3 is 1.05 bits per heavy atom.